The van der Waals surface area contributed by atoms with Gasteiger partial charge in [0.1, 0.15) is 11.5 Å². The lowest BCUT2D eigenvalue weighted by atomic mass is 10.2. The number of fused-ring (bicyclic) bond motifs is 2. The van der Waals surface area contributed by atoms with Crippen LogP contribution < -0.4 is 15.6 Å². The van der Waals surface area contributed by atoms with Gasteiger partial charge in [-0.15, -0.1) is 0 Å². The van der Waals surface area contributed by atoms with Crippen molar-refractivity contribution < 1.29 is 19.7 Å². The van der Waals surface area contributed by atoms with Gasteiger partial charge in [0, 0.05) is 22.8 Å². The highest BCUT2D eigenvalue weighted by Crippen LogP contribution is 2.25. The number of aromatic nitrogens is 3. The van der Waals surface area contributed by atoms with E-state index < -0.39 is 18.1 Å². The molecule has 0 atom stereocenters. The zero-order chi connectivity index (χ0) is 19.8. The summed E-state index contributed by atoms with van der Waals surface area (Å²) in [5.74, 6) is -0.436. The van der Waals surface area contributed by atoms with Crippen LogP contribution in [0.15, 0.2) is 47.4 Å². The predicted octanol–water partition coefficient (Wildman–Crippen LogP) is 2.12. The molecule has 0 spiro atoms. The average Bonchev–Trinajstić information content (AvgIpc) is 3.12. The number of pyridine rings is 1. The molecule has 4 rings (SSSR count). The molecule has 9 heteroatoms. The maximum Gasteiger partial charge on any atom is 0.352 e. The summed E-state index contributed by atoms with van der Waals surface area (Å²) < 4.78 is 6.58. The number of nitrogens with zero attached hydrogens (tertiary/aromatic N) is 2. The van der Waals surface area contributed by atoms with Crippen molar-refractivity contribution in [1.82, 2.24) is 14.4 Å². The standard InChI is InChI=1S/C19H16N4O5/c1-28-15-3-2-6-23-17(15)22-16(12(9-24)18(23)25)20-11-4-5-13-10(7-11)8-14(21-13)19(26)27/h2-8,20-21,24H,9H2,1H3,(H,26,27). The van der Waals surface area contributed by atoms with Crippen LogP contribution >= 0.6 is 0 Å². The van der Waals surface area contributed by atoms with Crippen LogP contribution in [-0.4, -0.2) is 37.7 Å². The van der Waals surface area contributed by atoms with Gasteiger partial charge in [-0.1, -0.05) is 0 Å². The molecule has 0 fully saturated rings. The first kappa shape index (κ1) is 17.6. The second-order valence-electron chi connectivity index (χ2n) is 6.09. The molecule has 9 nitrogen and oxygen atoms in total. The zero-order valence-corrected chi connectivity index (χ0v) is 14.8. The topological polar surface area (TPSA) is 129 Å². The number of carboxylic acids is 1. The summed E-state index contributed by atoms with van der Waals surface area (Å²) in [5, 5.41) is 22.5. The molecule has 0 saturated heterocycles. The third kappa shape index (κ3) is 2.83. The van der Waals surface area contributed by atoms with E-state index in [1.54, 1.807) is 36.5 Å². The molecule has 0 unspecified atom stereocenters. The molecular weight excluding hydrogens is 364 g/mol. The van der Waals surface area contributed by atoms with Gasteiger partial charge in [-0.2, -0.15) is 0 Å². The zero-order valence-electron chi connectivity index (χ0n) is 14.8. The highest BCUT2D eigenvalue weighted by Gasteiger charge is 2.15. The first-order chi connectivity index (χ1) is 13.5. The number of carbonyl (C=O) groups is 1. The second-order valence-corrected chi connectivity index (χ2v) is 6.09. The van der Waals surface area contributed by atoms with Crippen LogP contribution in [0.25, 0.3) is 16.6 Å². The average molecular weight is 380 g/mol. The molecule has 1 aromatic carbocycles. The number of rotatable bonds is 5. The lowest BCUT2D eigenvalue weighted by molar-refractivity contribution is 0.0691. The highest BCUT2D eigenvalue weighted by molar-refractivity contribution is 5.95. The van der Waals surface area contributed by atoms with E-state index in [4.69, 9.17) is 9.84 Å². The Bertz CT molecular complexity index is 1270. The van der Waals surface area contributed by atoms with Crippen LogP contribution in [0.4, 0.5) is 11.5 Å². The second kappa shape index (κ2) is 6.71. The fourth-order valence-corrected chi connectivity index (χ4v) is 3.04. The van der Waals surface area contributed by atoms with Gasteiger partial charge in [0.25, 0.3) is 5.56 Å². The third-order valence-corrected chi connectivity index (χ3v) is 4.40. The Kier molecular flexibility index (Phi) is 4.21. The molecule has 3 heterocycles. The number of aliphatic hydroxyl groups excluding tert-OH is 1. The van der Waals surface area contributed by atoms with E-state index in [1.165, 1.54) is 17.6 Å². The lowest BCUT2D eigenvalue weighted by Gasteiger charge is -2.13. The number of aliphatic hydroxyl groups is 1. The smallest absolute Gasteiger partial charge is 0.352 e. The molecule has 142 valence electrons. The Labute approximate surface area is 157 Å². The molecule has 28 heavy (non-hydrogen) atoms. The van der Waals surface area contributed by atoms with Crippen LogP contribution in [0.5, 0.6) is 5.75 Å². The summed E-state index contributed by atoms with van der Waals surface area (Å²) in [5.41, 5.74) is 1.33. The number of hydrogen-bond donors (Lipinski definition) is 4. The number of nitrogens with one attached hydrogen (secondary N) is 2. The van der Waals surface area contributed by atoms with Crippen LogP contribution in [0.3, 0.4) is 0 Å². The minimum Gasteiger partial charge on any atom is -0.493 e. The van der Waals surface area contributed by atoms with Crippen molar-refractivity contribution in [2.45, 2.75) is 6.61 Å². The quantitative estimate of drug-likeness (QED) is 0.417. The normalized spacial score (nSPS) is 11.1. The Hall–Kier alpha value is -3.85. The van der Waals surface area contributed by atoms with Gasteiger partial charge in [-0.3, -0.25) is 9.20 Å². The number of methoxy groups -OCH3 is 1. The Morgan fingerprint density at radius 1 is 1.32 bits per heavy atom. The first-order valence-electron chi connectivity index (χ1n) is 8.34. The number of aromatic carboxylic acids is 1. The van der Waals surface area contributed by atoms with E-state index in [0.29, 0.717) is 28.0 Å². The molecule has 3 aromatic heterocycles. The minimum atomic E-state index is -1.05. The Morgan fingerprint density at radius 2 is 2.14 bits per heavy atom. The summed E-state index contributed by atoms with van der Waals surface area (Å²) in [4.78, 5) is 31.1. The molecule has 0 bridgehead atoms. The SMILES string of the molecule is COc1cccn2c(=O)c(CO)c(Nc3ccc4[nH]c(C(=O)O)cc4c3)nc12. The molecule has 0 aliphatic rings. The van der Waals surface area contributed by atoms with Crippen molar-refractivity contribution in [2.24, 2.45) is 0 Å². The van der Waals surface area contributed by atoms with Gasteiger partial charge in [0.15, 0.2) is 11.4 Å². The van der Waals surface area contributed by atoms with Crippen LogP contribution in [0.2, 0.25) is 0 Å². The number of ether oxygens (including phenoxy) is 1. The van der Waals surface area contributed by atoms with Crippen molar-refractivity contribution in [3.8, 4) is 5.75 Å². The summed E-state index contributed by atoms with van der Waals surface area (Å²) in [7, 11) is 1.48. The molecule has 0 amide bonds. The maximum absolute atomic E-state index is 12.7. The summed E-state index contributed by atoms with van der Waals surface area (Å²) in [6.45, 7) is -0.496. The van der Waals surface area contributed by atoms with Crippen molar-refractivity contribution in [3.63, 3.8) is 0 Å². The fraction of sp³-hybridized carbons (Fsp3) is 0.105. The van der Waals surface area contributed by atoms with Crippen molar-refractivity contribution >= 4 is 34.0 Å². The van der Waals surface area contributed by atoms with Gasteiger partial charge >= 0.3 is 5.97 Å². The molecule has 0 aliphatic carbocycles. The van der Waals surface area contributed by atoms with Gasteiger partial charge in [0.05, 0.1) is 19.3 Å². The van der Waals surface area contributed by atoms with E-state index in [1.807, 2.05) is 0 Å². The van der Waals surface area contributed by atoms with Crippen LogP contribution in [0.1, 0.15) is 16.1 Å². The maximum atomic E-state index is 12.7. The minimum absolute atomic E-state index is 0.0787. The van der Waals surface area contributed by atoms with Crippen molar-refractivity contribution in [2.75, 3.05) is 12.4 Å². The van der Waals surface area contributed by atoms with Crippen LogP contribution in [0, 0.1) is 0 Å². The molecular formula is C19H16N4O5. The van der Waals surface area contributed by atoms with Crippen LogP contribution in [-0.2, 0) is 6.61 Å². The van der Waals surface area contributed by atoms with E-state index in [0.717, 1.165) is 0 Å². The predicted molar refractivity (Wildman–Crippen MR) is 102 cm³/mol. The fourth-order valence-electron chi connectivity index (χ4n) is 3.04. The lowest BCUT2D eigenvalue weighted by Crippen LogP contribution is -2.22. The van der Waals surface area contributed by atoms with Gasteiger partial charge in [-0.05, 0) is 36.4 Å². The summed E-state index contributed by atoms with van der Waals surface area (Å²) in [6.07, 6.45) is 1.55. The van der Waals surface area contributed by atoms with E-state index in [-0.39, 0.29) is 17.1 Å². The number of H-pyrrole nitrogens is 1. The number of carboxylic acid groups (broad SMARTS) is 1. The summed E-state index contributed by atoms with van der Waals surface area (Å²) in [6, 6.07) is 10.0. The van der Waals surface area contributed by atoms with Gasteiger partial charge in [-0.25, -0.2) is 9.78 Å². The van der Waals surface area contributed by atoms with Gasteiger partial charge < -0.3 is 25.3 Å². The van der Waals surface area contributed by atoms with Gasteiger partial charge in [0.2, 0.25) is 0 Å². The third-order valence-electron chi connectivity index (χ3n) is 4.40. The number of benzene rings is 1. The summed E-state index contributed by atoms with van der Waals surface area (Å²) >= 11 is 0. The van der Waals surface area contributed by atoms with E-state index in [2.05, 4.69) is 15.3 Å². The largest absolute Gasteiger partial charge is 0.493 e. The molecule has 0 radical (unpaired) electrons. The number of anilines is 2. The van der Waals surface area contributed by atoms with E-state index >= 15 is 0 Å². The first-order valence-corrected chi connectivity index (χ1v) is 8.34. The molecule has 0 saturated carbocycles. The Morgan fingerprint density at radius 3 is 2.86 bits per heavy atom. The highest BCUT2D eigenvalue weighted by atomic mass is 16.5. The monoisotopic (exact) mass is 380 g/mol. The number of hydrogen-bond acceptors (Lipinski definition) is 6. The van der Waals surface area contributed by atoms with Crippen molar-refractivity contribution in [1.29, 1.82) is 0 Å². The molecule has 4 N–H and O–H groups in total. The Balaban J connectivity index is 1.83. The number of aromatic amines is 1. The molecule has 4 aromatic rings. The van der Waals surface area contributed by atoms with Crippen molar-refractivity contribution in [3.05, 3.63) is 64.2 Å². The van der Waals surface area contributed by atoms with E-state index in [9.17, 15) is 14.7 Å². The molecule has 0 aliphatic heterocycles.